The minimum absolute atomic E-state index is 0.625. The van der Waals surface area contributed by atoms with Crippen LogP contribution < -0.4 is 5.73 Å². The first-order valence-electron chi connectivity index (χ1n) is 4.96. The number of benzene rings is 1. The highest BCUT2D eigenvalue weighted by molar-refractivity contribution is 5.54. The fourth-order valence-corrected chi connectivity index (χ4v) is 1.42. The molecule has 15 heavy (non-hydrogen) atoms. The molecule has 1 heterocycles. The van der Waals surface area contributed by atoms with Crippen molar-refractivity contribution in [3.8, 4) is 11.4 Å². The summed E-state index contributed by atoms with van der Waals surface area (Å²) < 4.78 is 4.69. The SMILES string of the molecule is NCCCc1ccc(-c2ncon2)cc1. The van der Waals surface area contributed by atoms with Gasteiger partial charge in [-0.15, -0.1) is 0 Å². The fraction of sp³-hybridized carbons (Fsp3) is 0.273. The molecule has 78 valence electrons. The van der Waals surface area contributed by atoms with E-state index in [0.717, 1.165) is 24.9 Å². The van der Waals surface area contributed by atoms with Gasteiger partial charge >= 0.3 is 0 Å². The Kier molecular flexibility index (Phi) is 3.09. The lowest BCUT2D eigenvalue weighted by molar-refractivity contribution is 0.419. The zero-order valence-electron chi connectivity index (χ0n) is 8.39. The van der Waals surface area contributed by atoms with Gasteiger partial charge in [0.05, 0.1) is 0 Å². The van der Waals surface area contributed by atoms with Gasteiger partial charge in [-0.3, -0.25) is 0 Å². The minimum atomic E-state index is 0.625. The smallest absolute Gasteiger partial charge is 0.214 e. The fourth-order valence-electron chi connectivity index (χ4n) is 1.42. The van der Waals surface area contributed by atoms with Gasteiger partial charge in [0.2, 0.25) is 12.2 Å². The van der Waals surface area contributed by atoms with Gasteiger partial charge < -0.3 is 10.3 Å². The number of hydrogen-bond donors (Lipinski definition) is 1. The highest BCUT2D eigenvalue weighted by Gasteiger charge is 2.01. The largest absolute Gasteiger partial charge is 0.342 e. The van der Waals surface area contributed by atoms with Gasteiger partial charge in [-0.2, -0.15) is 4.98 Å². The lowest BCUT2D eigenvalue weighted by atomic mass is 10.1. The van der Waals surface area contributed by atoms with E-state index < -0.39 is 0 Å². The van der Waals surface area contributed by atoms with Gasteiger partial charge in [0.25, 0.3) is 0 Å². The van der Waals surface area contributed by atoms with E-state index in [1.165, 1.54) is 12.0 Å². The maximum Gasteiger partial charge on any atom is 0.214 e. The molecule has 0 atom stereocenters. The molecule has 2 rings (SSSR count). The Balaban J connectivity index is 2.11. The second-order valence-corrected chi connectivity index (χ2v) is 3.34. The molecule has 4 heteroatoms. The molecule has 0 spiro atoms. The van der Waals surface area contributed by atoms with Crippen molar-refractivity contribution in [3.05, 3.63) is 36.2 Å². The quantitative estimate of drug-likeness (QED) is 0.820. The van der Waals surface area contributed by atoms with E-state index in [2.05, 4.69) is 26.8 Å². The van der Waals surface area contributed by atoms with Crippen LogP contribution in [-0.4, -0.2) is 16.7 Å². The van der Waals surface area contributed by atoms with Crippen molar-refractivity contribution in [2.24, 2.45) is 5.73 Å². The molecule has 0 amide bonds. The molecule has 0 unspecified atom stereocenters. The van der Waals surface area contributed by atoms with Crippen LogP contribution in [0.2, 0.25) is 0 Å². The van der Waals surface area contributed by atoms with Crippen molar-refractivity contribution in [1.82, 2.24) is 10.1 Å². The highest BCUT2D eigenvalue weighted by Crippen LogP contribution is 2.15. The third-order valence-corrected chi connectivity index (χ3v) is 2.24. The molecule has 1 aromatic heterocycles. The molecule has 0 radical (unpaired) electrons. The first kappa shape index (κ1) is 9.86. The predicted molar refractivity (Wildman–Crippen MR) is 57.1 cm³/mol. The van der Waals surface area contributed by atoms with Crippen LogP contribution in [0, 0.1) is 0 Å². The van der Waals surface area contributed by atoms with Crippen LogP contribution in [0.4, 0.5) is 0 Å². The first-order chi connectivity index (χ1) is 7.40. The summed E-state index contributed by atoms with van der Waals surface area (Å²) in [6, 6.07) is 8.14. The van der Waals surface area contributed by atoms with Gasteiger partial charge in [-0.1, -0.05) is 29.4 Å². The molecule has 0 aliphatic rings. The maximum absolute atomic E-state index is 5.45. The van der Waals surface area contributed by atoms with Crippen LogP contribution in [0.1, 0.15) is 12.0 Å². The Morgan fingerprint density at radius 3 is 2.60 bits per heavy atom. The summed E-state index contributed by atoms with van der Waals surface area (Å²) in [5, 5.41) is 3.77. The molecule has 0 fully saturated rings. The summed E-state index contributed by atoms with van der Waals surface area (Å²) in [5.74, 6) is 0.625. The lowest BCUT2D eigenvalue weighted by Crippen LogP contribution is -2.00. The van der Waals surface area contributed by atoms with Gasteiger partial charge in [-0.05, 0) is 24.9 Å². The Morgan fingerprint density at radius 1 is 1.20 bits per heavy atom. The lowest BCUT2D eigenvalue weighted by Gasteiger charge is -2.00. The summed E-state index contributed by atoms with van der Waals surface area (Å²) in [7, 11) is 0. The van der Waals surface area contributed by atoms with E-state index in [9.17, 15) is 0 Å². The minimum Gasteiger partial charge on any atom is -0.342 e. The molecule has 0 saturated heterocycles. The molecule has 4 nitrogen and oxygen atoms in total. The maximum atomic E-state index is 5.45. The third kappa shape index (κ3) is 2.41. The van der Waals surface area contributed by atoms with Crippen LogP contribution >= 0.6 is 0 Å². The molecule has 0 aliphatic heterocycles. The normalized spacial score (nSPS) is 10.5. The van der Waals surface area contributed by atoms with Gasteiger partial charge in [-0.25, -0.2) is 0 Å². The van der Waals surface area contributed by atoms with Crippen LogP contribution in [0.5, 0.6) is 0 Å². The second kappa shape index (κ2) is 4.70. The molecule has 2 N–H and O–H groups in total. The van der Waals surface area contributed by atoms with E-state index in [0.29, 0.717) is 5.82 Å². The van der Waals surface area contributed by atoms with E-state index >= 15 is 0 Å². The van der Waals surface area contributed by atoms with Crippen LogP contribution in [0.3, 0.4) is 0 Å². The summed E-state index contributed by atoms with van der Waals surface area (Å²) in [5.41, 5.74) is 7.71. The number of aryl methyl sites for hydroxylation is 1. The van der Waals surface area contributed by atoms with Gasteiger partial charge in [0.15, 0.2) is 0 Å². The standard InChI is InChI=1S/C11H13N3O/c12-7-1-2-9-3-5-10(6-4-9)11-13-8-15-14-11/h3-6,8H,1-2,7,12H2. The highest BCUT2D eigenvalue weighted by atomic mass is 16.5. The number of nitrogens with zero attached hydrogens (tertiary/aromatic N) is 2. The van der Waals surface area contributed by atoms with Crippen LogP contribution in [0.15, 0.2) is 35.2 Å². The molecule has 0 bridgehead atoms. The Bertz CT molecular complexity index is 394. The summed E-state index contributed by atoms with van der Waals surface area (Å²) in [4.78, 5) is 3.98. The predicted octanol–water partition coefficient (Wildman–Crippen LogP) is 1.63. The van der Waals surface area contributed by atoms with Crippen LogP contribution in [0.25, 0.3) is 11.4 Å². The van der Waals surface area contributed by atoms with Crippen molar-refractivity contribution in [2.45, 2.75) is 12.8 Å². The Hall–Kier alpha value is -1.68. The van der Waals surface area contributed by atoms with Crippen LogP contribution in [-0.2, 0) is 6.42 Å². The molecule has 1 aromatic carbocycles. The van der Waals surface area contributed by atoms with Crippen molar-refractivity contribution in [3.63, 3.8) is 0 Å². The molecular weight excluding hydrogens is 190 g/mol. The first-order valence-corrected chi connectivity index (χ1v) is 4.96. The topological polar surface area (TPSA) is 64.9 Å². The number of hydrogen-bond acceptors (Lipinski definition) is 4. The number of aromatic nitrogens is 2. The summed E-state index contributed by atoms with van der Waals surface area (Å²) in [6.45, 7) is 0.729. The molecule has 0 aliphatic carbocycles. The molecule has 2 aromatic rings. The van der Waals surface area contributed by atoms with E-state index in [1.807, 2.05) is 12.1 Å². The average molecular weight is 203 g/mol. The number of rotatable bonds is 4. The Labute approximate surface area is 88.1 Å². The van der Waals surface area contributed by atoms with E-state index in [1.54, 1.807) is 0 Å². The zero-order valence-corrected chi connectivity index (χ0v) is 8.39. The van der Waals surface area contributed by atoms with Gasteiger partial charge in [0, 0.05) is 5.56 Å². The van der Waals surface area contributed by atoms with Crippen molar-refractivity contribution >= 4 is 0 Å². The van der Waals surface area contributed by atoms with Crippen molar-refractivity contribution < 1.29 is 4.52 Å². The summed E-state index contributed by atoms with van der Waals surface area (Å²) in [6.07, 6.45) is 3.36. The molecule has 0 saturated carbocycles. The van der Waals surface area contributed by atoms with Crippen molar-refractivity contribution in [1.29, 1.82) is 0 Å². The zero-order chi connectivity index (χ0) is 10.5. The van der Waals surface area contributed by atoms with Gasteiger partial charge in [0.1, 0.15) is 0 Å². The third-order valence-electron chi connectivity index (χ3n) is 2.24. The molecular formula is C11H13N3O. The van der Waals surface area contributed by atoms with E-state index in [4.69, 9.17) is 5.73 Å². The average Bonchev–Trinajstić information content (AvgIpc) is 2.80. The Morgan fingerprint density at radius 2 is 2.00 bits per heavy atom. The number of nitrogens with two attached hydrogens (primary N) is 1. The second-order valence-electron chi connectivity index (χ2n) is 3.34. The monoisotopic (exact) mass is 203 g/mol. The summed E-state index contributed by atoms with van der Waals surface area (Å²) >= 11 is 0. The van der Waals surface area contributed by atoms with Crippen molar-refractivity contribution in [2.75, 3.05) is 6.54 Å². The van der Waals surface area contributed by atoms with E-state index in [-0.39, 0.29) is 0 Å².